The molecule has 0 radical (unpaired) electrons. The Hall–Kier alpha value is -2.82. The normalized spacial score (nSPS) is 16.7. The Labute approximate surface area is 206 Å². The van der Waals surface area contributed by atoms with Crippen molar-refractivity contribution in [1.82, 2.24) is 14.5 Å². The summed E-state index contributed by atoms with van der Waals surface area (Å²) in [6.07, 6.45) is 2.79. The number of hydrogen-bond donors (Lipinski definition) is 1. The zero-order valence-electron chi connectivity index (χ0n) is 20.0. The fraction of sp³-hybridized carbons (Fsp3) is 0.440. The van der Waals surface area contributed by atoms with E-state index >= 15 is 0 Å². The first-order valence-corrected chi connectivity index (χ1v) is 13.4. The average Bonchev–Trinajstić information content (AvgIpc) is 3.35. The van der Waals surface area contributed by atoms with E-state index in [9.17, 15) is 22.4 Å². The summed E-state index contributed by atoms with van der Waals surface area (Å²) in [4.78, 5) is 27.6. The van der Waals surface area contributed by atoms with Crippen molar-refractivity contribution < 1.29 is 27.1 Å². The van der Waals surface area contributed by atoms with E-state index in [1.54, 1.807) is 31.2 Å². The Morgan fingerprint density at radius 2 is 1.74 bits per heavy atom. The van der Waals surface area contributed by atoms with Crippen LogP contribution in [-0.2, 0) is 37.4 Å². The Morgan fingerprint density at radius 1 is 1.09 bits per heavy atom. The summed E-state index contributed by atoms with van der Waals surface area (Å²) in [5.41, 5.74) is 1.35. The summed E-state index contributed by atoms with van der Waals surface area (Å²) >= 11 is 0. The monoisotopic (exact) mass is 505 g/mol. The molecule has 1 saturated heterocycles. The van der Waals surface area contributed by atoms with Crippen molar-refractivity contribution in [3.63, 3.8) is 0 Å². The van der Waals surface area contributed by atoms with Gasteiger partial charge in [-0.3, -0.25) is 9.59 Å². The molecule has 0 spiro atoms. The second-order valence-electron chi connectivity index (χ2n) is 8.72. The van der Waals surface area contributed by atoms with Gasteiger partial charge >= 0.3 is 0 Å². The molecule has 8 nitrogen and oxygen atoms in total. The number of hydrogen-bond acceptors (Lipinski definition) is 5. The first-order chi connectivity index (χ1) is 16.6. The van der Waals surface area contributed by atoms with Crippen LogP contribution in [-0.4, -0.2) is 67.5 Å². The molecule has 1 heterocycles. The molecule has 2 atom stereocenters. The molecule has 1 fully saturated rings. The number of carbonyl (C=O) groups is 2. The van der Waals surface area contributed by atoms with Crippen molar-refractivity contribution in [2.75, 3.05) is 26.0 Å². The maximum absolute atomic E-state index is 13.4. The molecule has 35 heavy (non-hydrogen) atoms. The number of carbonyl (C=O) groups excluding carboxylic acids is 2. The van der Waals surface area contributed by atoms with Crippen LogP contribution in [0.2, 0.25) is 0 Å². The standard InChI is InChI=1S/C25H32FN3O5S/c1-19(25(31)27-15-23-9-6-14-34-23)29(17-21-10-12-22(26)13-11-21)24(30)18-28(35(2,32)33)16-20-7-4-3-5-8-20/h3-5,7-8,10-13,19,23H,6,9,14-18H2,1-2H3,(H,27,31)/t19-,23+/m0/s1. The zero-order valence-corrected chi connectivity index (χ0v) is 20.8. The van der Waals surface area contributed by atoms with Crippen molar-refractivity contribution >= 4 is 21.8 Å². The Kier molecular flexibility index (Phi) is 9.36. The molecule has 0 bridgehead atoms. The number of sulfonamides is 1. The minimum atomic E-state index is -3.72. The van der Waals surface area contributed by atoms with Gasteiger partial charge in [0.15, 0.2) is 0 Å². The molecule has 3 rings (SSSR count). The Bertz CT molecular complexity index is 1090. The van der Waals surface area contributed by atoms with Gasteiger partial charge in [0.1, 0.15) is 11.9 Å². The van der Waals surface area contributed by atoms with Gasteiger partial charge in [-0.05, 0) is 43.0 Å². The predicted molar refractivity (Wildman–Crippen MR) is 130 cm³/mol. The average molecular weight is 506 g/mol. The van der Waals surface area contributed by atoms with Gasteiger partial charge in [0.25, 0.3) is 0 Å². The van der Waals surface area contributed by atoms with Gasteiger partial charge in [-0.1, -0.05) is 42.5 Å². The summed E-state index contributed by atoms with van der Waals surface area (Å²) in [7, 11) is -3.72. The maximum atomic E-state index is 13.4. The van der Waals surface area contributed by atoms with E-state index in [1.807, 2.05) is 6.07 Å². The molecule has 1 aliphatic heterocycles. The van der Waals surface area contributed by atoms with Crippen LogP contribution in [0.25, 0.3) is 0 Å². The molecule has 1 aliphatic rings. The summed E-state index contributed by atoms with van der Waals surface area (Å²) in [5.74, 6) is -1.32. The topological polar surface area (TPSA) is 96.0 Å². The summed E-state index contributed by atoms with van der Waals surface area (Å²) in [5, 5.41) is 2.83. The van der Waals surface area contributed by atoms with Crippen molar-refractivity contribution in [3.05, 3.63) is 71.5 Å². The minimum absolute atomic E-state index is 0.0232. The molecular weight excluding hydrogens is 473 g/mol. The molecule has 190 valence electrons. The molecule has 2 aromatic rings. The van der Waals surface area contributed by atoms with Gasteiger partial charge in [-0.2, -0.15) is 4.31 Å². The van der Waals surface area contributed by atoms with Crippen LogP contribution in [0.4, 0.5) is 4.39 Å². The summed E-state index contributed by atoms with van der Waals surface area (Å²) < 4.78 is 44.9. The van der Waals surface area contributed by atoms with Crippen molar-refractivity contribution in [2.45, 2.75) is 45.0 Å². The van der Waals surface area contributed by atoms with E-state index in [0.717, 1.165) is 29.0 Å². The molecule has 2 aromatic carbocycles. The second kappa shape index (κ2) is 12.2. The highest BCUT2D eigenvalue weighted by atomic mass is 32.2. The molecular formula is C25H32FN3O5S. The van der Waals surface area contributed by atoms with Gasteiger partial charge in [-0.15, -0.1) is 0 Å². The number of benzene rings is 2. The fourth-order valence-corrected chi connectivity index (χ4v) is 4.58. The van der Waals surface area contributed by atoms with Crippen LogP contribution < -0.4 is 5.32 Å². The van der Waals surface area contributed by atoms with Gasteiger partial charge in [-0.25, -0.2) is 12.8 Å². The number of amides is 2. The molecule has 0 aromatic heterocycles. The molecule has 0 unspecified atom stereocenters. The lowest BCUT2D eigenvalue weighted by Crippen LogP contribution is -2.51. The summed E-state index contributed by atoms with van der Waals surface area (Å²) in [6.45, 7) is 2.21. The quantitative estimate of drug-likeness (QED) is 0.506. The highest BCUT2D eigenvalue weighted by molar-refractivity contribution is 7.88. The fourth-order valence-electron chi connectivity index (χ4n) is 3.86. The highest BCUT2D eigenvalue weighted by Crippen LogP contribution is 2.15. The second-order valence-corrected chi connectivity index (χ2v) is 10.7. The zero-order chi connectivity index (χ0) is 25.4. The Morgan fingerprint density at radius 3 is 2.34 bits per heavy atom. The largest absolute Gasteiger partial charge is 0.376 e. The van der Waals surface area contributed by atoms with E-state index in [-0.39, 0.29) is 25.1 Å². The predicted octanol–water partition coefficient (Wildman–Crippen LogP) is 2.30. The van der Waals surface area contributed by atoms with Gasteiger partial charge in [0, 0.05) is 26.2 Å². The van der Waals surface area contributed by atoms with E-state index in [4.69, 9.17) is 4.74 Å². The van der Waals surface area contributed by atoms with Crippen LogP contribution in [0.1, 0.15) is 30.9 Å². The van der Waals surface area contributed by atoms with Gasteiger partial charge < -0.3 is 15.0 Å². The number of nitrogens with one attached hydrogen (secondary N) is 1. The lowest BCUT2D eigenvalue weighted by Gasteiger charge is -2.31. The number of nitrogens with zero attached hydrogens (tertiary/aromatic N) is 2. The van der Waals surface area contributed by atoms with Crippen molar-refractivity contribution in [1.29, 1.82) is 0 Å². The van der Waals surface area contributed by atoms with E-state index in [2.05, 4.69) is 5.32 Å². The van der Waals surface area contributed by atoms with E-state index < -0.39 is 34.3 Å². The van der Waals surface area contributed by atoms with Crippen LogP contribution in [0, 0.1) is 5.82 Å². The van der Waals surface area contributed by atoms with E-state index in [1.165, 1.54) is 29.2 Å². The lowest BCUT2D eigenvalue weighted by atomic mass is 10.1. The van der Waals surface area contributed by atoms with E-state index in [0.29, 0.717) is 18.7 Å². The first kappa shape index (κ1) is 26.8. The maximum Gasteiger partial charge on any atom is 0.242 e. The molecule has 0 aliphatic carbocycles. The first-order valence-electron chi connectivity index (χ1n) is 11.6. The van der Waals surface area contributed by atoms with Crippen molar-refractivity contribution in [2.24, 2.45) is 0 Å². The Balaban J connectivity index is 1.77. The number of rotatable bonds is 11. The highest BCUT2D eigenvalue weighted by Gasteiger charge is 2.30. The smallest absolute Gasteiger partial charge is 0.242 e. The van der Waals surface area contributed by atoms with Crippen molar-refractivity contribution in [3.8, 4) is 0 Å². The SMILES string of the molecule is C[C@@H](C(=O)NC[C@H]1CCCO1)N(Cc1ccc(F)cc1)C(=O)CN(Cc1ccccc1)S(C)(=O)=O. The molecule has 1 N–H and O–H groups in total. The lowest BCUT2D eigenvalue weighted by molar-refractivity contribution is -0.141. The van der Waals surface area contributed by atoms with Gasteiger partial charge in [0.05, 0.1) is 18.9 Å². The van der Waals surface area contributed by atoms with Gasteiger partial charge in [0.2, 0.25) is 21.8 Å². The third-order valence-electron chi connectivity index (χ3n) is 5.94. The van der Waals surface area contributed by atoms with Crippen LogP contribution in [0.3, 0.4) is 0 Å². The number of ether oxygens (including phenoxy) is 1. The molecule has 10 heteroatoms. The van der Waals surface area contributed by atoms with Crippen LogP contribution in [0.5, 0.6) is 0 Å². The van der Waals surface area contributed by atoms with Crippen LogP contribution in [0.15, 0.2) is 54.6 Å². The summed E-state index contributed by atoms with van der Waals surface area (Å²) in [6, 6.07) is 13.7. The molecule has 0 saturated carbocycles. The van der Waals surface area contributed by atoms with Crippen LogP contribution >= 0.6 is 0 Å². The molecule has 2 amide bonds. The number of halogens is 1. The third kappa shape index (κ3) is 8.12. The third-order valence-corrected chi connectivity index (χ3v) is 7.14. The minimum Gasteiger partial charge on any atom is -0.376 e.